The van der Waals surface area contributed by atoms with Gasteiger partial charge < -0.3 is 4.81 Å². The van der Waals surface area contributed by atoms with Crippen LogP contribution >= 0.6 is 0 Å². The van der Waals surface area contributed by atoms with E-state index in [-0.39, 0.29) is 0 Å². The number of hydrogen-bond acceptors (Lipinski definition) is 1. The zero-order valence-electron chi connectivity index (χ0n) is 12.5. The highest BCUT2D eigenvalue weighted by Crippen LogP contribution is 2.32. The molecular weight excluding hydrogens is 217 g/mol. The maximum absolute atomic E-state index is 2.86. The second-order valence-corrected chi connectivity index (χ2v) is 6.11. The molecule has 0 aromatic carbocycles. The minimum Gasteiger partial charge on any atom is -0.416 e. The van der Waals surface area contributed by atoms with Gasteiger partial charge in [-0.05, 0) is 44.2 Å². The monoisotopic (exact) mass is 247 g/mol. The molecule has 0 amide bonds. The minimum atomic E-state index is 0.789. The van der Waals surface area contributed by atoms with Gasteiger partial charge in [0.25, 0.3) is 6.85 Å². The van der Waals surface area contributed by atoms with Gasteiger partial charge >= 0.3 is 0 Å². The van der Waals surface area contributed by atoms with Gasteiger partial charge in [-0.1, -0.05) is 51.8 Å². The molecule has 0 atom stereocenters. The molecule has 1 fully saturated rings. The molecule has 2 aliphatic carbocycles. The molecule has 0 spiro atoms. The van der Waals surface area contributed by atoms with Crippen molar-refractivity contribution in [3.8, 4) is 0 Å². The molecule has 2 rings (SSSR count). The number of nitrogens with zero attached hydrogens (tertiary/aromatic N) is 1. The normalized spacial score (nSPS) is 21.6. The standard InChI is InChI=1S/C16H30BN/c1-3-17(4-2)18(15-11-7-5-8-12-15)16-13-9-6-10-14-16/h11,16H,3-10,12-14H2,1-2H3. The van der Waals surface area contributed by atoms with Crippen molar-refractivity contribution in [2.75, 3.05) is 0 Å². The van der Waals surface area contributed by atoms with Gasteiger partial charge in [-0.2, -0.15) is 0 Å². The summed E-state index contributed by atoms with van der Waals surface area (Å²) in [6.07, 6.45) is 17.9. The fourth-order valence-corrected chi connectivity index (χ4v) is 3.86. The highest BCUT2D eigenvalue weighted by Gasteiger charge is 2.29. The first-order valence-corrected chi connectivity index (χ1v) is 8.34. The average Bonchev–Trinajstić information content (AvgIpc) is 2.46. The Morgan fingerprint density at radius 2 is 1.78 bits per heavy atom. The summed E-state index contributed by atoms with van der Waals surface area (Å²) in [6.45, 7) is 5.53. The highest BCUT2D eigenvalue weighted by atomic mass is 15.1. The maximum atomic E-state index is 2.86. The van der Waals surface area contributed by atoms with Crippen molar-refractivity contribution in [3.05, 3.63) is 11.8 Å². The van der Waals surface area contributed by atoms with Crippen LogP contribution in [0.2, 0.25) is 12.6 Å². The van der Waals surface area contributed by atoms with Crippen LogP contribution < -0.4 is 0 Å². The van der Waals surface area contributed by atoms with Crippen molar-refractivity contribution < 1.29 is 0 Å². The minimum absolute atomic E-state index is 0.789. The van der Waals surface area contributed by atoms with Crippen molar-refractivity contribution in [2.24, 2.45) is 0 Å². The third-order valence-corrected chi connectivity index (χ3v) is 4.90. The largest absolute Gasteiger partial charge is 0.416 e. The Bertz CT molecular complexity index is 264. The van der Waals surface area contributed by atoms with Crippen molar-refractivity contribution in [2.45, 2.75) is 90.3 Å². The summed E-state index contributed by atoms with van der Waals surface area (Å²) >= 11 is 0. The van der Waals surface area contributed by atoms with Crippen LogP contribution in [0.25, 0.3) is 0 Å². The van der Waals surface area contributed by atoms with Crippen molar-refractivity contribution in [1.29, 1.82) is 0 Å². The Morgan fingerprint density at radius 3 is 2.33 bits per heavy atom. The Morgan fingerprint density at radius 1 is 1.06 bits per heavy atom. The van der Waals surface area contributed by atoms with E-state index in [1.165, 1.54) is 70.4 Å². The summed E-state index contributed by atoms with van der Waals surface area (Å²) in [6, 6.07) is 0.855. The summed E-state index contributed by atoms with van der Waals surface area (Å²) in [5.41, 5.74) is 1.70. The Balaban J connectivity index is 2.12. The van der Waals surface area contributed by atoms with Crippen LogP contribution in [0.1, 0.15) is 71.6 Å². The van der Waals surface area contributed by atoms with Crippen molar-refractivity contribution >= 4 is 6.85 Å². The smallest absolute Gasteiger partial charge is 0.253 e. The Labute approximate surface area is 114 Å². The molecule has 102 valence electrons. The van der Waals surface area contributed by atoms with E-state index in [0.717, 1.165) is 12.9 Å². The summed E-state index contributed by atoms with van der Waals surface area (Å²) < 4.78 is 0. The lowest BCUT2D eigenvalue weighted by Gasteiger charge is -2.43. The molecule has 18 heavy (non-hydrogen) atoms. The lowest BCUT2D eigenvalue weighted by Crippen LogP contribution is -2.46. The van der Waals surface area contributed by atoms with Gasteiger partial charge in [0.2, 0.25) is 0 Å². The fraction of sp³-hybridized carbons (Fsp3) is 0.875. The van der Waals surface area contributed by atoms with E-state index in [0.29, 0.717) is 0 Å². The van der Waals surface area contributed by atoms with Gasteiger partial charge in [-0.3, -0.25) is 0 Å². The molecule has 0 saturated heterocycles. The first-order valence-electron chi connectivity index (χ1n) is 8.34. The van der Waals surface area contributed by atoms with E-state index in [2.05, 4.69) is 24.7 Å². The maximum Gasteiger partial charge on any atom is 0.253 e. The first-order chi connectivity index (χ1) is 8.86. The number of hydrogen-bond donors (Lipinski definition) is 0. The van der Waals surface area contributed by atoms with Gasteiger partial charge in [-0.25, -0.2) is 0 Å². The van der Waals surface area contributed by atoms with Crippen LogP contribution in [0, 0.1) is 0 Å². The van der Waals surface area contributed by atoms with Crippen molar-refractivity contribution in [3.63, 3.8) is 0 Å². The zero-order chi connectivity index (χ0) is 12.8. The second-order valence-electron chi connectivity index (χ2n) is 6.11. The van der Waals surface area contributed by atoms with Gasteiger partial charge in [0.1, 0.15) is 0 Å². The molecule has 0 unspecified atom stereocenters. The molecule has 2 heteroatoms. The SMILES string of the molecule is CCB(CC)N(C1=CCCCC1)C1CCCCC1. The first kappa shape index (κ1) is 14.0. The van der Waals surface area contributed by atoms with Crippen LogP contribution in [0.3, 0.4) is 0 Å². The highest BCUT2D eigenvalue weighted by molar-refractivity contribution is 6.56. The third kappa shape index (κ3) is 3.33. The van der Waals surface area contributed by atoms with Crippen LogP contribution in [0.15, 0.2) is 11.8 Å². The van der Waals surface area contributed by atoms with E-state index in [1.807, 2.05) is 0 Å². The average molecular weight is 247 g/mol. The molecule has 0 bridgehead atoms. The van der Waals surface area contributed by atoms with Crippen LogP contribution in [-0.4, -0.2) is 17.7 Å². The summed E-state index contributed by atoms with van der Waals surface area (Å²) in [5.74, 6) is 0. The molecule has 0 aliphatic heterocycles. The van der Waals surface area contributed by atoms with Crippen LogP contribution in [0.5, 0.6) is 0 Å². The number of rotatable bonds is 5. The quantitative estimate of drug-likeness (QED) is 0.610. The molecule has 0 aromatic heterocycles. The molecule has 0 N–H and O–H groups in total. The van der Waals surface area contributed by atoms with E-state index in [1.54, 1.807) is 5.70 Å². The molecule has 0 aromatic rings. The fourth-order valence-electron chi connectivity index (χ4n) is 3.86. The van der Waals surface area contributed by atoms with Gasteiger partial charge in [0, 0.05) is 6.04 Å². The van der Waals surface area contributed by atoms with E-state index >= 15 is 0 Å². The summed E-state index contributed by atoms with van der Waals surface area (Å²) in [4.78, 5) is 2.86. The van der Waals surface area contributed by atoms with E-state index in [9.17, 15) is 0 Å². The van der Waals surface area contributed by atoms with Crippen LogP contribution in [0.4, 0.5) is 0 Å². The molecule has 0 heterocycles. The van der Waals surface area contributed by atoms with Crippen molar-refractivity contribution in [1.82, 2.24) is 4.81 Å². The Kier molecular flexibility index (Phi) is 5.65. The van der Waals surface area contributed by atoms with Gasteiger partial charge in [-0.15, -0.1) is 0 Å². The molecule has 0 radical (unpaired) electrons. The zero-order valence-corrected chi connectivity index (χ0v) is 12.5. The van der Waals surface area contributed by atoms with E-state index in [4.69, 9.17) is 0 Å². The predicted molar refractivity (Wildman–Crippen MR) is 82.0 cm³/mol. The van der Waals surface area contributed by atoms with E-state index < -0.39 is 0 Å². The summed E-state index contributed by atoms with van der Waals surface area (Å²) in [7, 11) is 0. The molecule has 2 aliphatic rings. The summed E-state index contributed by atoms with van der Waals surface area (Å²) in [5, 5.41) is 0. The third-order valence-electron chi connectivity index (χ3n) is 4.90. The van der Waals surface area contributed by atoms with Gasteiger partial charge in [0.15, 0.2) is 0 Å². The van der Waals surface area contributed by atoms with Gasteiger partial charge in [0.05, 0.1) is 0 Å². The predicted octanol–water partition coefficient (Wildman–Crippen LogP) is 5.11. The molecule has 1 saturated carbocycles. The lowest BCUT2D eigenvalue weighted by atomic mass is 9.53. The molecule has 1 nitrogen and oxygen atoms in total. The lowest BCUT2D eigenvalue weighted by molar-refractivity contribution is 0.280. The topological polar surface area (TPSA) is 3.24 Å². The number of allylic oxidation sites excluding steroid dienone is 2. The Hall–Kier alpha value is -0.395. The second kappa shape index (κ2) is 7.26. The molecular formula is C16H30BN. The van der Waals surface area contributed by atoms with Crippen LogP contribution in [-0.2, 0) is 0 Å².